The number of nitrogens with zero attached hydrogens (tertiary/aromatic N) is 2. The molecule has 194 valence electrons. The molecule has 1 saturated heterocycles. The Balaban J connectivity index is 1.13. The molecule has 3 heterocycles. The molecule has 1 aromatic heterocycles. The molecule has 8 nitrogen and oxygen atoms in total. The Kier molecular flexibility index (Phi) is 6.79. The van der Waals surface area contributed by atoms with E-state index in [4.69, 9.17) is 4.42 Å². The Hall–Kier alpha value is -4.17. The highest BCUT2D eigenvalue weighted by atomic mass is 16.3. The van der Waals surface area contributed by atoms with Crippen molar-refractivity contribution in [2.75, 3.05) is 36.8 Å². The maximum absolute atomic E-state index is 13.1. The molecular weight excluding hydrogens is 478 g/mol. The van der Waals surface area contributed by atoms with Crippen molar-refractivity contribution in [3.63, 3.8) is 0 Å². The molecule has 0 unspecified atom stereocenters. The van der Waals surface area contributed by atoms with Gasteiger partial charge in [0.05, 0.1) is 11.3 Å². The highest BCUT2D eigenvalue weighted by molar-refractivity contribution is 6.12. The predicted octanol–water partition coefficient (Wildman–Crippen LogP) is 5.28. The zero-order valence-corrected chi connectivity index (χ0v) is 21.3. The van der Waals surface area contributed by atoms with Gasteiger partial charge in [-0.3, -0.25) is 9.59 Å². The number of benzene rings is 3. The number of piperidine rings is 1. The molecule has 3 N–H and O–H groups in total. The maximum Gasteiger partial charge on any atom is 0.255 e. The largest absolute Gasteiger partial charge is 0.443 e. The molecule has 1 fully saturated rings. The number of hydrogen-bond acceptors (Lipinski definition) is 6. The van der Waals surface area contributed by atoms with Gasteiger partial charge in [0.25, 0.3) is 11.8 Å². The van der Waals surface area contributed by atoms with E-state index in [1.54, 1.807) is 6.07 Å². The number of amides is 2. The lowest BCUT2D eigenvalue weighted by atomic mass is 9.95. The molecule has 2 amide bonds. The van der Waals surface area contributed by atoms with Gasteiger partial charge in [0.1, 0.15) is 5.52 Å². The lowest BCUT2D eigenvalue weighted by Gasteiger charge is -2.26. The van der Waals surface area contributed by atoms with Gasteiger partial charge in [0, 0.05) is 29.9 Å². The molecule has 6 rings (SSSR count). The van der Waals surface area contributed by atoms with Gasteiger partial charge in [0.15, 0.2) is 12.0 Å². The number of para-hydroxylation sites is 1. The first-order valence-corrected chi connectivity index (χ1v) is 13.3. The molecule has 38 heavy (non-hydrogen) atoms. The van der Waals surface area contributed by atoms with Gasteiger partial charge in [-0.15, -0.1) is 0 Å². The molecule has 4 aromatic rings. The molecular formula is C30H31N5O3. The normalized spacial score (nSPS) is 15.3. The minimum atomic E-state index is -0.256. The standard InChI is InChI=1S/C30H31N5O3/c36-29(20-8-10-21(11-9-20)31-14-5-17-35-15-2-1-3-16-35)34-25-13-12-22(24-18-32-30(37)27(24)25)23-6-4-7-26-28(23)38-19-33-26/h4,6-13,19,31H,1-3,5,14-18H2,(H,32,37)(H,34,36). The molecule has 0 bridgehead atoms. The molecule has 0 saturated carbocycles. The van der Waals surface area contributed by atoms with E-state index < -0.39 is 0 Å². The van der Waals surface area contributed by atoms with E-state index in [-0.39, 0.29) is 11.8 Å². The average molecular weight is 510 g/mol. The molecule has 2 aliphatic rings. The molecule has 2 aliphatic heterocycles. The third-order valence-electron chi connectivity index (χ3n) is 7.44. The van der Waals surface area contributed by atoms with E-state index in [1.807, 2.05) is 48.5 Å². The quantitative estimate of drug-likeness (QED) is 0.280. The zero-order valence-electron chi connectivity index (χ0n) is 21.3. The number of hydrogen-bond donors (Lipinski definition) is 3. The number of anilines is 2. The summed E-state index contributed by atoms with van der Waals surface area (Å²) in [6.07, 6.45) is 6.50. The predicted molar refractivity (Wildman–Crippen MR) is 148 cm³/mol. The summed E-state index contributed by atoms with van der Waals surface area (Å²) in [4.78, 5) is 32.6. The summed E-state index contributed by atoms with van der Waals surface area (Å²) in [5.41, 5.74) is 6.52. The van der Waals surface area contributed by atoms with Crippen molar-refractivity contribution in [1.82, 2.24) is 15.2 Å². The van der Waals surface area contributed by atoms with E-state index >= 15 is 0 Å². The van der Waals surface area contributed by atoms with E-state index in [0.29, 0.717) is 28.9 Å². The van der Waals surface area contributed by atoms with Crippen LogP contribution < -0.4 is 16.0 Å². The van der Waals surface area contributed by atoms with Crippen LogP contribution in [-0.2, 0) is 6.54 Å². The van der Waals surface area contributed by atoms with Crippen LogP contribution in [-0.4, -0.2) is 47.9 Å². The fourth-order valence-corrected chi connectivity index (χ4v) is 5.45. The molecule has 0 aliphatic carbocycles. The summed E-state index contributed by atoms with van der Waals surface area (Å²) < 4.78 is 5.62. The Bertz CT molecular complexity index is 1470. The number of aromatic nitrogens is 1. The van der Waals surface area contributed by atoms with E-state index in [9.17, 15) is 9.59 Å². The minimum Gasteiger partial charge on any atom is -0.443 e. The van der Waals surface area contributed by atoms with Gasteiger partial charge in [-0.1, -0.05) is 24.6 Å². The maximum atomic E-state index is 13.1. The second-order valence-electron chi connectivity index (χ2n) is 9.92. The first kappa shape index (κ1) is 24.2. The molecule has 0 radical (unpaired) electrons. The van der Waals surface area contributed by atoms with Gasteiger partial charge in [-0.05, 0) is 86.4 Å². The smallest absolute Gasteiger partial charge is 0.255 e. The number of rotatable bonds is 8. The van der Waals surface area contributed by atoms with Crippen molar-refractivity contribution >= 4 is 34.3 Å². The van der Waals surface area contributed by atoms with E-state index in [2.05, 4.69) is 25.8 Å². The second kappa shape index (κ2) is 10.7. The van der Waals surface area contributed by atoms with Crippen LogP contribution >= 0.6 is 0 Å². The van der Waals surface area contributed by atoms with E-state index in [0.717, 1.165) is 47.4 Å². The fourth-order valence-electron chi connectivity index (χ4n) is 5.45. The van der Waals surface area contributed by atoms with Crippen molar-refractivity contribution in [2.45, 2.75) is 32.2 Å². The van der Waals surface area contributed by atoms with Crippen molar-refractivity contribution in [2.24, 2.45) is 0 Å². The monoisotopic (exact) mass is 509 g/mol. The molecule has 0 atom stereocenters. The highest BCUT2D eigenvalue weighted by Gasteiger charge is 2.28. The third kappa shape index (κ3) is 4.87. The van der Waals surface area contributed by atoms with Crippen molar-refractivity contribution in [1.29, 1.82) is 0 Å². The summed E-state index contributed by atoms with van der Waals surface area (Å²) in [7, 11) is 0. The van der Waals surface area contributed by atoms with Crippen molar-refractivity contribution < 1.29 is 14.0 Å². The Labute approximate surface area is 221 Å². The summed E-state index contributed by atoms with van der Waals surface area (Å²) in [5, 5.41) is 9.29. The first-order valence-electron chi connectivity index (χ1n) is 13.3. The highest BCUT2D eigenvalue weighted by Crippen LogP contribution is 2.37. The van der Waals surface area contributed by atoms with Crippen LogP contribution in [0, 0.1) is 0 Å². The third-order valence-corrected chi connectivity index (χ3v) is 7.44. The fraction of sp³-hybridized carbons (Fsp3) is 0.300. The van der Waals surface area contributed by atoms with Crippen LogP contribution in [0.3, 0.4) is 0 Å². The molecule has 0 spiro atoms. The second-order valence-corrected chi connectivity index (χ2v) is 9.92. The minimum absolute atomic E-state index is 0.203. The van der Waals surface area contributed by atoms with Crippen LogP contribution in [0.4, 0.5) is 11.4 Å². The number of nitrogens with one attached hydrogen (secondary N) is 3. The zero-order chi connectivity index (χ0) is 25.9. The van der Waals surface area contributed by atoms with Crippen LogP contribution in [0.15, 0.2) is 65.4 Å². The first-order chi connectivity index (χ1) is 18.7. The summed E-state index contributed by atoms with van der Waals surface area (Å²) in [6, 6.07) is 16.9. The lowest BCUT2D eigenvalue weighted by Crippen LogP contribution is -2.31. The number of likely N-dealkylation sites (tertiary alicyclic amines) is 1. The Morgan fingerprint density at radius 3 is 2.68 bits per heavy atom. The van der Waals surface area contributed by atoms with Crippen molar-refractivity contribution in [3.05, 3.63) is 77.7 Å². The van der Waals surface area contributed by atoms with Gasteiger partial charge in [0.2, 0.25) is 0 Å². The molecule has 8 heteroatoms. The Morgan fingerprint density at radius 2 is 1.84 bits per heavy atom. The van der Waals surface area contributed by atoms with Crippen LogP contribution in [0.5, 0.6) is 0 Å². The summed E-state index contributed by atoms with van der Waals surface area (Å²) in [6.45, 7) is 4.84. The van der Waals surface area contributed by atoms with Gasteiger partial charge >= 0.3 is 0 Å². The van der Waals surface area contributed by atoms with Gasteiger partial charge in [-0.2, -0.15) is 0 Å². The van der Waals surface area contributed by atoms with Crippen LogP contribution in [0.1, 0.15) is 52.0 Å². The topological polar surface area (TPSA) is 99.5 Å². The van der Waals surface area contributed by atoms with Gasteiger partial charge in [-0.25, -0.2) is 4.98 Å². The Morgan fingerprint density at radius 1 is 1.00 bits per heavy atom. The number of fused-ring (bicyclic) bond motifs is 2. The molecule has 3 aromatic carbocycles. The van der Waals surface area contributed by atoms with Gasteiger partial charge < -0.3 is 25.3 Å². The van der Waals surface area contributed by atoms with E-state index in [1.165, 1.54) is 38.7 Å². The average Bonchev–Trinajstić information content (AvgIpc) is 3.59. The van der Waals surface area contributed by atoms with Crippen LogP contribution in [0.2, 0.25) is 0 Å². The SMILES string of the molecule is O=C(Nc1ccc(-c2cccc3ncoc23)c2c1C(=O)NC2)c1ccc(NCCCN2CCCCC2)cc1. The number of carbonyl (C=O) groups excluding carboxylic acids is 2. The summed E-state index contributed by atoms with van der Waals surface area (Å²) in [5.74, 6) is -0.459. The lowest BCUT2D eigenvalue weighted by molar-refractivity contribution is 0.0966. The number of oxazole rings is 1. The summed E-state index contributed by atoms with van der Waals surface area (Å²) >= 11 is 0. The van der Waals surface area contributed by atoms with Crippen molar-refractivity contribution in [3.8, 4) is 11.1 Å². The number of carbonyl (C=O) groups is 2. The van der Waals surface area contributed by atoms with Crippen LogP contribution in [0.25, 0.3) is 22.2 Å².